The summed E-state index contributed by atoms with van der Waals surface area (Å²) in [6.45, 7) is 12.0. The van der Waals surface area contributed by atoms with Gasteiger partial charge in [0.1, 0.15) is 0 Å². The highest BCUT2D eigenvalue weighted by Crippen LogP contribution is 2.31. The fourth-order valence-corrected chi connectivity index (χ4v) is 6.70. The number of aromatic nitrogens is 3. The number of hydrogen-bond acceptors (Lipinski definition) is 10. The topological polar surface area (TPSA) is 128 Å². The highest BCUT2D eigenvalue weighted by Gasteiger charge is 2.35. The minimum absolute atomic E-state index is 0.0192. The van der Waals surface area contributed by atoms with Crippen LogP contribution in [-0.2, 0) is 9.47 Å². The number of benzene rings is 2. The van der Waals surface area contributed by atoms with E-state index in [0.29, 0.717) is 54.4 Å². The highest BCUT2D eigenvalue weighted by molar-refractivity contribution is 6.00. The Hall–Kier alpha value is -4.33. The van der Waals surface area contributed by atoms with Crippen LogP contribution in [-0.4, -0.2) is 121 Å². The number of morpholine rings is 2. The lowest BCUT2D eigenvalue weighted by Crippen LogP contribution is -2.48. The molecule has 3 atom stereocenters. The van der Waals surface area contributed by atoms with Gasteiger partial charge in [0.05, 0.1) is 31.5 Å². The summed E-state index contributed by atoms with van der Waals surface area (Å²) >= 11 is 0. The van der Waals surface area contributed by atoms with E-state index >= 15 is 0 Å². The van der Waals surface area contributed by atoms with Crippen molar-refractivity contribution in [2.75, 3.05) is 86.0 Å². The molecule has 3 amide bonds. The molecular formula is C34H43N9O4. The standard InChI is InChI=1S/C34H43N9O4/c1-3-40-14-16-41(17-15-40)31(44)25-6-10-27(11-7-25)36-34(45)35-26-8-4-24(5-9-26)30-37-32(42-20-28-12-13-29(21-42)47-28)39-33(38-30)43-18-19-46-22-23(43)2/h4-11,23,28-29H,3,12-22H2,1-2H3,(H2,35,36,45). The van der Waals surface area contributed by atoms with Crippen LogP contribution in [0.4, 0.5) is 28.1 Å². The number of ether oxygens (including phenoxy) is 2. The van der Waals surface area contributed by atoms with Crippen LogP contribution >= 0.6 is 0 Å². The molecule has 4 aliphatic rings. The summed E-state index contributed by atoms with van der Waals surface area (Å²) in [4.78, 5) is 49.1. The van der Waals surface area contributed by atoms with Crippen molar-refractivity contribution in [3.8, 4) is 11.4 Å². The molecule has 47 heavy (non-hydrogen) atoms. The van der Waals surface area contributed by atoms with Crippen LogP contribution in [0.1, 0.15) is 37.0 Å². The van der Waals surface area contributed by atoms with Crippen LogP contribution in [0.3, 0.4) is 0 Å². The smallest absolute Gasteiger partial charge is 0.323 e. The molecule has 3 aromatic rings. The fraction of sp³-hybridized carbons (Fsp3) is 0.500. The first kappa shape index (κ1) is 31.3. The fourth-order valence-electron chi connectivity index (χ4n) is 6.70. The molecule has 0 aliphatic carbocycles. The zero-order valence-electron chi connectivity index (χ0n) is 27.1. The molecule has 4 fully saturated rings. The number of rotatable bonds is 7. The molecule has 7 rings (SSSR count). The van der Waals surface area contributed by atoms with Gasteiger partial charge in [-0.15, -0.1) is 0 Å². The van der Waals surface area contributed by atoms with Gasteiger partial charge in [-0.25, -0.2) is 4.79 Å². The molecule has 1 aromatic heterocycles. The number of piperazine rings is 1. The second-order valence-electron chi connectivity index (χ2n) is 12.7. The second-order valence-corrected chi connectivity index (χ2v) is 12.7. The number of carbonyl (C=O) groups is 2. The predicted molar refractivity (Wildman–Crippen MR) is 180 cm³/mol. The largest absolute Gasteiger partial charge is 0.377 e. The molecule has 4 aliphatic heterocycles. The number of nitrogens with one attached hydrogen (secondary N) is 2. The van der Waals surface area contributed by atoms with E-state index in [-0.39, 0.29) is 30.2 Å². The molecule has 2 bridgehead atoms. The zero-order chi connectivity index (χ0) is 32.3. The Morgan fingerprint density at radius 1 is 0.830 bits per heavy atom. The highest BCUT2D eigenvalue weighted by atomic mass is 16.5. The maximum Gasteiger partial charge on any atom is 0.323 e. The molecule has 5 heterocycles. The van der Waals surface area contributed by atoms with Gasteiger partial charge in [0, 0.05) is 68.3 Å². The quantitative estimate of drug-likeness (QED) is 0.395. The molecule has 2 aromatic carbocycles. The molecule has 0 radical (unpaired) electrons. The van der Waals surface area contributed by atoms with Crippen molar-refractivity contribution in [3.05, 3.63) is 54.1 Å². The van der Waals surface area contributed by atoms with Gasteiger partial charge < -0.3 is 39.7 Å². The van der Waals surface area contributed by atoms with Crippen LogP contribution in [0.15, 0.2) is 48.5 Å². The number of nitrogens with zero attached hydrogens (tertiary/aromatic N) is 7. The number of fused-ring (bicyclic) bond motifs is 2. The third-order valence-electron chi connectivity index (χ3n) is 9.46. The lowest BCUT2D eigenvalue weighted by molar-refractivity contribution is 0.0299. The molecular weight excluding hydrogens is 598 g/mol. The monoisotopic (exact) mass is 641 g/mol. The van der Waals surface area contributed by atoms with E-state index < -0.39 is 0 Å². The molecule has 13 heteroatoms. The first-order valence-electron chi connectivity index (χ1n) is 16.7. The predicted octanol–water partition coefficient (Wildman–Crippen LogP) is 3.55. The second kappa shape index (κ2) is 13.8. The summed E-state index contributed by atoms with van der Waals surface area (Å²) in [5.74, 6) is 1.91. The summed E-state index contributed by atoms with van der Waals surface area (Å²) in [5, 5.41) is 5.74. The molecule has 0 spiro atoms. The van der Waals surface area contributed by atoms with Gasteiger partial charge >= 0.3 is 6.03 Å². The number of anilines is 4. The van der Waals surface area contributed by atoms with E-state index in [1.165, 1.54) is 0 Å². The van der Waals surface area contributed by atoms with E-state index in [1.54, 1.807) is 24.3 Å². The summed E-state index contributed by atoms with van der Waals surface area (Å²) in [5.41, 5.74) is 2.68. The SMILES string of the molecule is CCN1CCN(C(=O)c2ccc(NC(=O)Nc3ccc(-c4nc(N5CC6CCC(C5)O6)nc(N5CCOCC5C)n4)cc3)cc2)CC1. The zero-order valence-corrected chi connectivity index (χ0v) is 27.1. The maximum atomic E-state index is 12.9. The molecule has 3 unspecified atom stereocenters. The average Bonchev–Trinajstić information content (AvgIpc) is 3.45. The summed E-state index contributed by atoms with van der Waals surface area (Å²) in [6.07, 6.45) is 2.56. The van der Waals surface area contributed by atoms with Gasteiger partial charge in [-0.1, -0.05) is 6.92 Å². The van der Waals surface area contributed by atoms with Gasteiger partial charge in [-0.3, -0.25) is 4.79 Å². The molecule has 0 saturated carbocycles. The summed E-state index contributed by atoms with van der Waals surface area (Å²) in [7, 11) is 0. The van der Waals surface area contributed by atoms with E-state index in [4.69, 9.17) is 24.4 Å². The van der Waals surface area contributed by atoms with Gasteiger partial charge in [0.25, 0.3) is 5.91 Å². The van der Waals surface area contributed by atoms with Crippen molar-refractivity contribution in [1.82, 2.24) is 24.8 Å². The average molecular weight is 642 g/mol. The van der Waals surface area contributed by atoms with Crippen molar-refractivity contribution in [3.63, 3.8) is 0 Å². The van der Waals surface area contributed by atoms with Crippen molar-refractivity contribution in [2.24, 2.45) is 0 Å². The lowest BCUT2D eigenvalue weighted by Gasteiger charge is -2.35. The first-order valence-corrected chi connectivity index (χ1v) is 16.7. The lowest BCUT2D eigenvalue weighted by atomic mass is 10.1. The number of hydrogen-bond donors (Lipinski definition) is 2. The number of likely N-dealkylation sites (N-methyl/N-ethyl adjacent to an activating group) is 1. The summed E-state index contributed by atoms with van der Waals surface area (Å²) < 4.78 is 11.7. The van der Waals surface area contributed by atoms with Crippen LogP contribution in [0, 0.1) is 0 Å². The molecule has 248 valence electrons. The molecule has 2 N–H and O–H groups in total. The van der Waals surface area contributed by atoms with Crippen LogP contribution in [0.2, 0.25) is 0 Å². The van der Waals surface area contributed by atoms with Gasteiger partial charge in [-0.2, -0.15) is 15.0 Å². The van der Waals surface area contributed by atoms with Crippen molar-refractivity contribution in [1.29, 1.82) is 0 Å². The third-order valence-corrected chi connectivity index (χ3v) is 9.46. The number of amides is 3. The van der Waals surface area contributed by atoms with Gasteiger partial charge in [-0.05, 0) is 74.8 Å². The van der Waals surface area contributed by atoms with Crippen molar-refractivity contribution >= 4 is 35.2 Å². The maximum absolute atomic E-state index is 12.9. The minimum atomic E-state index is -0.375. The Morgan fingerprint density at radius 2 is 1.47 bits per heavy atom. The Morgan fingerprint density at radius 3 is 2.11 bits per heavy atom. The van der Waals surface area contributed by atoms with E-state index in [1.807, 2.05) is 29.2 Å². The normalized spacial score (nSPS) is 23.1. The Labute approximate surface area is 275 Å². The minimum Gasteiger partial charge on any atom is -0.377 e. The van der Waals surface area contributed by atoms with E-state index in [9.17, 15) is 9.59 Å². The van der Waals surface area contributed by atoms with E-state index in [2.05, 4.69) is 39.2 Å². The third kappa shape index (κ3) is 7.16. The molecule has 13 nitrogen and oxygen atoms in total. The Balaban J connectivity index is 1.01. The van der Waals surface area contributed by atoms with Crippen molar-refractivity contribution < 1.29 is 19.1 Å². The van der Waals surface area contributed by atoms with Gasteiger partial charge in [0.2, 0.25) is 11.9 Å². The number of urea groups is 1. The summed E-state index contributed by atoms with van der Waals surface area (Å²) in [6, 6.07) is 14.3. The van der Waals surface area contributed by atoms with Crippen LogP contribution in [0.5, 0.6) is 0 Å². The first-order chi connectivity index (χ1) is 22.9. The molecule has 4 saturated heterocycles. The van der Waals surface area contributed by atoms with Crippen molar-refractivity contribution in [2.45, 2.75) is 44.9 Å². The van der Waals surface area contributed by atoms with Crippen LogP contribution in [0.25, 0.3) is 11.4 Å². The Bertz CT molecular complexity index is 1550. The number of carbonyl (C=O) groups excluding carboxylic acids is 2. The van der Waals surface area contributed by atoms with Crippen LogP contribution < -0.4 is 20.4 Å². The van der Waals surface area contributed by atoms with Gasteiger partial charge in [0.15, 0.2) is 5.82 Å². The van der Waals surface area contributed by atoms with E-state index in [0.717, 1.165) is 64.2 Å². The Kier molecular flexibility index (Phi) is 9.18.